The summed E-state index contributed by atoms with van der Waals surface area (Å²) in [5, 5.41) is 0. The van der Waals surface area contributed by atoms with E-state index in [4.69, 9.17) is 14.2 Å². The number of unbranched alkanes of at least 4 members (excludes halogenated alkanes) is 37. The predicted octanol–water partition coefficient (Wildman–Crippen LogP) is 19.7. The molecule has 0 saturated heterocycles. The van der Waals surface area contributed by atoms with Crippen molar-refractivity contribution in [3.05, 3.63) is 36.5 Å². The molecule has 6 heteroatoms. The smallest absolute Gasteiger partial charge is 0.306 e. The Kier molecular flexibility index (Phi) is 54.2. The van der Waals surface area contributed by atoms with Crippen molar-refractivity contribution in [1.82, 2.24) is 0 Å². The topological polar surface area (TPSA) is 78.9 Å². The molecular formula is C61H112O6. The molecule has 392 valence electrons. The van der Waals surface area contributed by atoms with Gasteiger partial charge < -0.3 is 14.2 Å². The quantitative estimate of drug-likeness (QED) is 0.0262. The first-order chi connectivity index (χ1) is 33.0. The minimum atomic E-state index is -0.773. The zero-order valence-electron chi connectivity index (χ0n) is 44.9. The summed E-state index contributed by atoms with van der Waals surface area (Å²) in [6, 6.07) is 0. The molecular weight excluding hydrogens is 829 g/mol. The number of hydrogen-bond donors (Lipinski definition) is 0. The highest BCUT2D eigenvalue weighted by Gasteiger charge is 2.19. The van der Waals surface area contributed by atoms with Gasteiger partial charge in [-0.25, -0.2) is 0 Å². The van der Waals surface area contributed by atoms with E-state index < -0.39 is 6.10 Å². The predicted molar refractivity (Wildman–Crippen MR) is 289 cm³/mol. The van der Waals surface area contributed by atoms with Crippen molar-refractivity contribution in [3.63, 3.8) is 0 Å². The summed E-state index contributed by atoms with van der Waals surface area (Å²) in [4.78, 5) is 38.1. The van der Waals surface area contributed by atoms with Gasteiger partial charge in [-0.15, -0.1) is 0 Å². The molecule has 1 unspecified atom stereocenters. The van der Waals surface area contributed by atoms with Crippen LogP contribution in [-0.2, 0) is 28.6 Å². The van der Waals surface area contributed by atoms with E-state index in [1.165, 1.54) is 193 Å². The van der Waals surface area contributed by atoms with E-state index in [9.17, 15) is 14.4 Å². The van der Waals surface area contributed by atoms with Gasteiger partial charge in [-0.1, -0.05) is 282 Å². The number of hydrogen-bond acceptors (Lipinski definition) is 6. The average molecular weight is 942 g/mol. The minimum Gasteiger partial charge on any atom is -0.462 e. The molecule has 6 nitrogen and oxygen atoms in total. The van der Waals surface area contributed by atoms with Crippen LogP contribution in [0.3, 0.4) is 0 Å². The maximum Gasteiger partial charge on any atom is 0.306 e. The third-order valence-electron chi connectivity index (χ3n) is 13.2. The number of ether oxygens (including phenoxy) is 3. The SMILES string of the molecule is CC/C=C\C/C=C\C/C=C\CCCCCCCCCC(=O)OC(COC(=O)CCCCCCCCCCCCCC)COC(=O)CCCCCCCCCCCCCCCCCCCCCC. The second kappa shape index (κ2) is 56.2. The summed E-state index contributed by atoms with van der Waals surface area (Å²) < 4.78 is 16.9. The standard InChI is InChI=1S/C61H112O6/c1-4-7-10-13-16-19-22-25-27-29-30-31-33-34-36-39-42-45-48-51-54-60(63)66-57-58(56-65-59(62)53-50-47-44-41-38-24-21-18-15-12-9-6-3)67-61(64)55-52-49-46-43-40-37-35-32-28-26-23-20-17-14-11-8-5-2/h8,11,17,20,26,28,58H,4-7,9-10,12-16,18-19,21-25,27,29-57H2,1-3H3/b11-8-,20-17-,28-26-. The molecule has 0 aromatic carbocycles. The van der Waals surface area contributed by atoms with Crippen LogP contribution in [0, 0.1) is 0 Å². The molecule has 1 atom stereocenters. The van der Waals surface area contributed by atoms with Gasteiger partial charge in [0.2, 0.25) is 0 Å². The summed E-state index contributed by atoms with van der Waals surface area (Å²) >= 11 is 0. The van der Waals surface area contributed by atoms with Gasteiger partial charge in [-0.2, -0.15) is 0 Å². The number of rotatable bonds is 54. The highest BCUT2D eigenvalue weighted by Crippen LogP contribution is 2.17. The average Bonchev–Trinajstić information content (AvgIpc) is 3.33. The number of allylic oxidation sites excluding steroid dienone is 6. The van der Waals surface area contributed by atoms with Crippen LogP contribution < -0.4 is 0 Å². The summed E-state index contributed by atoms with van der Waals surface area (Å²) in [6.45, 7) is 6.57. The van der Waals surface area contributed by atoms with Crippen LogP contribution in [0.25, 0.3) is 0 Å². The molecule has 0 rings (SSSR count). The zero-order valence-corrected chi connectivity index (χ0v) is 44.9. The second-order valence-corrected chi connectivity index (χ2v) is 19.9. The van der Waals surface area contributed by atoms with Crippen LogP contribution in [0.15, 0.2) is 36.5 Å². The Hall–Kier alpha value is -2.37. The lowest BCUT2D eigenvalue weighted by Gasteiger charge is -2.18. The molecule has 0 N–H and O–H groups in total. The van der Waals surface area contributed by atoms with Gasteiger partial charge in [0.15, 0.2) is 6.10 Å². The molecule has 0 aromatic rings. The van der Waals surface area contributed by atoms with Crippen molar-refractivity contribution >= 4 is 17.9 Å². The zero-order chi connectivity index (χ0) is 48.6. The number of carbonyl (C=O) groups is 3. The van der Waals surface area contributed by atoms with Crippen molar-refractivity contribution in [2.24, 2.45) is 0 Å². The largest absolute Gasteiger partial charge is 0.462 e. The van der Waals surface area contributed by atoms with Crippen molar-refractivity contribution in [1.29, 1.82) is 0 Å². The van der Waals surface area contributed by atoms with Crippen LogP contribution in [0.1, 0.15) is 316 Å². The molecule has 0 aromatic heterocycles. The van der Waals surface area contributed by atoms with E-state index in [0.29, 0.717) is 19.3 Å². The highest BCUT2D eigenvalue weighted by atomic mass is 16.6. The summed E-state index contributed by atoms with van der Waals surface area (Å²) in [7, 11) is 0. The fraction of sp³-hybridized carbons (Fsp3) is 0.852. The van der Waals surface area contributed by atoms with E-state index in [2.05, 4.69) is 57.2 Å². The van der Waals surface area contributed by atoms with Crippen LogP contribution in [0.4, 0.5) is 0 Å². The molecule has 0 heterocycles. The monoisotopic (exact) mass is 941 g/mol. The molecule has 0 aliphatic heterocycles. The van der Waals surface area contributed by atoms with E-state index >= 15 is 0 Å². The van der Waals surface area contributed by atoms with Gasteiger partial charge >= 0.3 is 17.9 Å². The van der Waals surface area contributed by atoms with E-state index in [1.807, 2.05) is 0 Å². The molecule has 0 radical (unpaired) electrons. The third-order valence-corrected chi connectivity index (χ3v) is 13.2. The first kappa shape index (κ1) is 64.6. The lowest BCUT2D eigenvalue weighted by molar-refractivity contribution is -0.167. The van der Waals surface area contributed by atoms with E-state index in [1.54, 1.807) is 0 Å². The Morgan fingerprint density at radius 3 is 0.910 bits per heavy atom. The number of esters is 3. The molecule has 0 aliphatic carbocycles. The Balaban J connectivity index is 4.29. The van der Waals surface area contributed by atoms with Gasteiger partial charge in [-0.3, -0.25) is 14.4 Å². The Labute approximate surface area is 416 Å². The van der Waals surface area contributed by atoms with Crippen LogP contribution in [0.5, 0.6) is 0 Å². The van der Waals surface area contributed by atoms with Gasteiger partial charge in [-0.05, 0) is 51.4 Å². The first-order valence-electron chi connectivity index (χ1n) is 29.5. The van der Waals surface area contributed by atoms with Crippen molar-refractivity contribution in [3.8, 4) is 0 Å². The van der Waals surface area contributed by atoms with Crippen molar-refractivity contribution in [2.75, 3.05) is 13.2 Å². The maximum absolute atomic E-state index is 12.9. The summed E-state index contributed by atoms with van der Waals surface area (Å²) in [6.07, 6.45) is 67.1. The van der Waals surface area contributed by atoms with Gasteiger partial charge in [0.05, 0.1) is 0 Å². The molecule has 67 heavy (non-hydrogen) atoms. The Morgan fingerprint density at radius 1 is 0.313 bits per heavy atom. The van der Waals surface area contributed by atoms with Crippen LogP contribution in [0.2, 0.25) is 0 Å². The number of carbonyl (C=O) groups excluding carboxylic acids is 3. The van der Waals surface area contributed by atoms with Crippen LogP contribution >= 0.6 is 0 Å². The Bertz CT molecular complexity index is 1130. The highest BCUT2D eigenvalue weighted by molar-refractivity contribution is 5.71. The van der Waals surface area contributed by atoms with Gasteiger partial charge in [0.25, 0.3) is 0 Å². The molecule has 0 aliphatic rings. The Morgan fingerprint density at radius 2 is 0.582 bits per heavy atom. The summed E-state index contributed by atoms with van der Waals surface area (Å²) in [5.74, 6) is -0.861. The minimum absolute atomic E-state index is 0.0712. The molecule has 0 amide bonds. The van der Waals surface area contributed by atoms with Gasteiger partial charge in [0, 0.05) is 19.3 Å². The van der Waals surface area contributed by atoms with E-state index in [0.717, 1.165) is 83.5 Å². The maximum atomic E-state index is 12.9. The molecule has 0 bridgehead atoms. The summed E-state index contributed by atoms with van der Waals surface area (Å²) in [5.41, 5.74) is 0. The molecule has 0 saturated carbocycles. The van der Waals surface area contributed by atoms with Gasteiger partial charge in [0.1, 0.15) is 13.2 Å². The van der Waals surface area contributed by atoms with Crippen molar-refractivity contribution < 1.29 is 28.6 Å². The third kappa shape index (κ3) is 54.4. The van der Waals surface area contributed by atoms with Crippen LogP contribution in [-0.4, -0.2) is 37.2 Å². The normalized spacial score (nSPS) is 12.2. The fourth-order valence-electron chi connectivity index (χ4n) is 8.75. The first-order valence-corrected chi connectivity index (χ1v) is 29.5. The lowest BCUT2D eigenvalue weighted by Crippen LogP contribution is -2.30. The van der Waals surface area contributed by atoms with E-state index in [-0.39, 0.29) is 31.1 Å². The molecule has 0 fully saturated rings. The fourth-order valence-corrected chi connectivity index (χ4v) is 8.75. The second-order valence-electron chi connectivity index (χ2n) is 19.9. The lowest BCUT2D eigenvalue weighted by atomic mass is 10.0. The van der Waals surface area contributed by atoms with Crippen molar-refractivity contribution in [2.45, 2.75) is 322 Å². The molecule has 0 spiro atoms.